The molecule has 0 unspecified atom stereocenters. The molecular weight excluding hydrogens is 406 g/mol. The number of carbonyl (C=O) groups excluding carboxylic acids is 1. The fourth-order valence-electron chi connectivity index (χ4n) is 1.59. The Kier molecular flexibility index (Phi) is 4.98. The molecule has 21 heavy (non-hydrogen) atoms. The van der Waals surface area contributed by atoms with Crippen LogP contribution in [0.3, 0.4) is 0 Å². The number of amides is 1. The number of halogens is 2. The number of para-hydroxylation sites is 1. The van der Waals surface area contributed by atoms with Crippen LogP contribution in [-0.2, 0) is 0 Å². The highest BCUT2D eigenvalue weighted by Gasteiger charge is 2.17. The molecule has 2 N–H and O–H groups in total. The fraction of sp³-hybridized carbons (Fsp3) is 0. The molecule has 0 aromatic heterocycles. The van der Waals surface area contributed by atoms with E-state index in [1.165, 1.54) is 6.07 Å². The molecule has 0 aliphatic carbocycles. The maximum atomic E-state index is 11.8. The van der Waals surface area contributed by atoms with Gasteiger partial charge >= 0.3 is 12.1 Å². The first kappa shape index (κ1) is 15.5. The summed E-state index contributed by atoms with van der Waals surface area (Å²) in [5, 5.41) is 11.6. The molecule has 108 valence electrons. The van der Waals surface area contributed by atoms with Crippen molar-refractivity contribution in [3.63, 3.8) is 0 Å². The molecule has 2 rings (SSSR count). The second kappa shape index (κ2) is 6.73. The second-order valence-electron chi connectivity index (χ2n) is 3.94. The van der Waals surface area contributed by atoms with Gasteiger partial charge in [-0.15, -0.1) is 0 Å². The van der Waals surface area contributed by atoms with E-state index in [2.05, 4.69) is 37.2 Å². The molecule has 0 fully saturated rings. The normalized spacial score (nSPS) is 10.0. The highest BCUT2D eigenvalue weighted by atomic mass is 79.9. The van der Waals surface area contributed by atoms with Gasteiger partial charge < -0.3 is 9.84 Å². The smallest absolute Gasteiger partial charge is 0.417 e. The maximum absolute atomic E-state index is 11.8. The van der Waals surface area contributed by atoms with Crippen molar-refractivity contribution in [3.8, 4) is 5.75 Å². The Bertz CT molecular complexity index is 689. The predicted octanol–water partition coefficient (Wildman–Crippen LogP) is 4.52. The third-order valence-electron chi connectivity index (χ3n) is 2.47. The second-order valence-corrected chi connectivity index (χ2v) is 5.71. The highest BCUT2D eigenvalue weighted by molar-refractivity contribution is 9.11. The zero-order chi connectivity index (χ0) is 15.4. The van der Waals surface area contributed by atoms with Crippen LogP contribution in [-0.4, -0.2) is 17.2 Å². The number of carboxylic acids is 1. The summed E-state index contributed by atoms with van der Waals surface area (Å²) in [6.07, 6.45) is -0.772. The largest absolute Gasteiger partial charge is 0.478 e. The molecule has 2 aromatic rings. The molecule has 0 atom stereocenters. The summed E-state index contributed by atoms with van der Waals surface area (Å²) in [5.74, 6) is -0.799. The average Bonchev–Trinajstić information content (AvgIpc) is 2.42. The zero-order valence-electron chi connectivity index (χ0n) is 10.5. The lowest BCUT2D eigenvalue weighted by Crippen LogP contribution is -2.19. The van der Waals surface area contributed by atoms with Gasteiger partial charge in [-0.1, -0.05) is 34.1 Å². The van der Waals surface area contributed by atoms with Gasteiger partial charge in [0.15, 0.2) is 0 Å². The van der Waals surface area contributed by atoms with Gasteiger partial charge in [-0.05, 0) is 40.2 Å². The van der Waals surface area contributed by atoms with Gasteiger partial charge in [0.1, 0.15) is 5.75 Å². The minimum Gasteiger partial charge on any atom is -0.478 e. The molecule has 5 nitrogen and oxygen atoms in total. The number of benzene rings is 2. The number of rotatable bonds is 3. The van der Waals surface area contributed by atoms with E-state index in [1.807, 2.05) is 0 Å². The van der Waals surface area contributed by atoms with Crippen LogP contribution in [0.4, 0.5) is 10.5 Å². The Labute approximate surface area is 137 Å². The number of carbonyl (C=O) groups is 2. The van der Waals surface area contributed by atoms with Crippen LogP contribution in [0.1, 0.15) is 10.4 Å². The van der Waals surface area contributed by atoms with E-state index in [9.17, 15) is 14.7 Å². The fourth-order valence-corrected chi connectivity index (χ4v) is 2.92. The number of hydrogen-bond donors (Lipinski definition) is 2. The van der Waals surface area contributed by atoms with Crippen molar-refractivity contribution in [1.29, 1.82) is 0 Å². The topological polar surface area (TPSA) is 75.6 Å². The minimum atomic E-state index is -1.16. The van der Waals surface area contributed by atoms with Gasteiger partial charge in [0.25, 0.3) is 0 Å². The molecule has 0 bridgehead atoms. The summed E-state index contributed by atoms with van der Waals surface area (Å²) in [6.45, 7) is 0. The Morgan fingerprint density at radius 3 is 2.38 bits per heavy atom. The summed E-state index contributed by atoms with van der Waals surface area (Å²) >= 11 is 6.41. The van der Waals surface area contributed by atoms with E-state index in [0.29, 0.717) is 14.7 Å². The standard InChI is InChI=1S/C14H9Br2NO4/c15-8-6-10(13(18)19)12(11(16)7-8)17-14(20)21-9-4-2-1-3-5-9/h1-7H,(H,17,20)(H,18,19). The highest BCUT2D eigenvalue weighted by Crippen LogP contribution is 2.31. The summed E-state index contributed by atoms with van der Waals surface area (Å²) in [6, 6.07) is 11.5. The number of nitrogens with one attached hydrogen (secondary N) is 1. The van der Waals surface area contributed by atoms with Crippen LogP contribution in [0.15, 0.2) is 51.4 Å². The number of ether oxygens (including phenoxy) is 1. The van der Waals surface area contributed by atoms with Crippen molar-refractivity contribution in [2.75, 3.05) is 5.32 Å². The molecule has 0 aliphatic heterocycles. The summed E-state index contributed by atoms with van der Waals surface area (Å²) in [4.78, 5) is 23.1. The van der Waals surface area contributed by atoms with Crippen LogP contribution in [0, 0.1) is 0 Å². The van der Waals surface area contributed by atoms with E-state index in [1.54, 1.807) is 36.4 Å². The average molecular weight is 415 g/mol. The first-order valence-electron chi connectivity index (χ1n) is 5.73. The lowest BCUT2D eigenvalue weighted by atomic mass is 10.2. The molecule has 0 radical (unpaired) electrons. The van der Waals surface area contributed by atoms with Crippen molar-refractivity contribution < 1.29 is 19.4 Å². The van der Waals surface area contributed by atoms with Gasteiger partial charge in [0.05, 0.1) is 11.3 Å². The van der Waals surface area contributed by atoms with Crippen LogP contribution in [0.5, 0.6) is 5.75 Å². The van der Waals surface area contributed by atoms with Crippen LogP contribution < -0.4 is 10.1 Å². The van der Waals surface area contributed by atoms with Gasteiger partial charge in [-0.2, -0.15) is 0 Å². The van der Waals surface area contributed by atoms with Gasteiger partial charge in [-0.3, -0.25) is 5.32 Å². The number of anilines is 1. The van der Waals surface area contributed by atoms with Crippen molar-refractivity contribution in [1.82, 2.24) is 0 Å². The van der Waals surface area contributed by atoms with Crippen molar-refractivity contribution in [2.24, 2.45) is 0 Å². The number of aromatic carboxylic acids is 1. The Morgan fingerprint density at radius 2 is 1.76 bits per heavy atom. The Hall–Kier alpha value is -1.86. The minimum absolute atomic E-state index is 0.0544. The van der Waals surface area contributed by atoms with Crippen LogP contribution >= 0.6 is 31.9 Å². The molecule has 0 saturated heterocycles. The van der Waals surface area contributed by atoms with Gasteiger partial charge in [0.2, 0.25) is 0 Å². The number of hydrogen-bond acceptors (Lipinski definition) is 3. The van der Waals surface area contributed by atoms with Crippen molar-refractivity contribution >= 4 is 49.6 Å². The lowest BCUT2D eigenvalue weighted by molar-refractivity contribution is 0.0698. The van der Waals surface area contributed by atoms with Gasteiger partial charge in [-0.25, -0.2) is 9.59 Å². The maximum Gasteiger partial charge on any atom is 0.417 e. The molecule has 0 saturated carbocycles. The molecule has 1 amide bonds. The number of carboxylic acid groups (broad SMARTS) is 1. The Morgan fingerprint density at radius 1 is 1.10 bits per heavy atom. The summed E-state index contributed by atoms with van der Waals surface area (Å²) in [5.41, 5.74) is 0.0768. The first-order chi connectivity index (χ1) is 9.97. The summed E-state index contributed by atoms with van der Waals surface area (Å²) in [7, 11) is 0. The monoisotopic (exact) mass is 413 g/mol. The SMILES string of the molecule is O=C(Nc1c(Br)cc(Br)cc1C(=O)O)Oc1ccccc1. The van der Waals surface area contributed by atoms with Crippen molar-refractivity contribution in [2.45, 2.75) is 0 Å². The van der Waals surface area contributed by atoms with E-state index >= 15 is 0 Å². The van der Waals surface area contributed by atoms with E-state index in [0.717, 1.165) is 0 Å². The first-order valence-corrected chi connectivity index (χ1v) is 7.32. The van der Waals surface area contributed by atoms with Gasteiger partial charge in [0, 0.05) is 8.95 Å². The predicted molar refractivity (Wildman–Crippen MR) is 84.9 cm³/mol. The molecule has 0 aliphatic rings. The molecular formula is C14H9Br2NO4. The molecule has 0 heterocycles. The molecule has 2 aromatic carbocycles. The van der Waals surface area contributed by atoms with Crippen LogP contribution in [0.2, 0.25) is 0 Å². The lowest BCUT2D eigenvalue weighted by Gasteiger charge is -2.11. The third kappa shape index (κ3) is 4.05. The van der Waals surface area contributed by atoms with E-state index in [4.69, 9.17) is 4.74 Å². The Balaban J connectivity index is 2.23. The van der Waals surface area contributed by atoms with Crippen molar-refractivity contribution in [3.05, 3.63) is 57.0 Å². The third-order valence-corrected chi connectivity index (χ3v) is 3.55. The summed E-state index contributed by atoms with van der Waals surface area (Å²) < 4.78 is 6.07. The zero-order valence-corrected chi connectivity index (χ0v) is 13.6. The van der Waals surface area contributed by atoms with E-state index in [-0.39, 0.29) is 11.3 Å². The van der Waals surface area contributed by atoms with Crippen LogP contribution in [0.25, 0.3) is 0 Å². The van der Waals surface area contributed by atoms with E-state index < -0.39 is 12.1 Å². The quantitative estimate of drug-likeness (QED) is 0.774. The molecule has 0 spiro atoms. The molecule has 7 heteroatoms.